The molecule has 1 aliphatic rings. The van der Waals surface area contributed by atoms with Crippen LogP contribution in [-0.4, -0.2) is 27.4 Å². The predicted molar refractivity (Wildman–Crippen MR) is 120 cm³/mol. The molecular weight excluding hydrogens is 422 g/mol. The van der Waals surface area contributed by atoms with Gasteiger partial charge in [-0.05, 0) is 41.1 Å². The van der Waals surface area contributed by atoms with Crippen molar-refractivity contribution in [1.82, 2.24) is 4.57 Å². The van der Waals surface area contributed by atoms with Gasteiger partial charge in [0, 0.05) is 0 Å². The van der Waals surface area contributed by atoms with E-state index in [2.05, 4.69) is 4.99 Å². The first-order valence-electron chi connectivity index (χ1n) is 9.00. The second kappa shape index (κ2) is 8.60. The zero-order chi connectivity index (χ0) is 21.1. The molecule has 0 aliphatic carbocycles. The van der Waals surface area contributed by atoms with Gasteiger partial charge in [0.05, 0.1) is 16.3 Å². The average Bonchev–Trinajstić information content (AvgIpc) is 3.21. The van der Waals surface area contributed by atoms with Crippen LogP contribution in [0.5, 0.6) is 11.6 Å². The van der Waals surface area contributed by atoms with Crippen LogP contribution in [0, 0.1) is 0 Å². The topological polar surface area (TPSA) is 107 Å². The van der Waals surface area contributed by atoms with Gasteiger partial charge in [-0.15, -0.1) is 0 Å². The number of aliphatic imine (C=N–C) groups is 1. The van der Waals surface area contributed by atoms with Crippen molar-refractivity contribution in [2.75, 3.05) is 6.61 Å². The van der Waals surface area contributed by atoms with Gasteiger partial charge in [0.1, 0.15) is 12.4 Å². The largest absolute Gasteiger partial charge is 0.493 e. The molecule has 2 aromatic carbocycles. The van der Waals surface area contributed by atoms with Crippen molar-refractivity contribution in [3.05, 3.63) is 74.7 Å². The van der Waals surface area contributed by atoms with Crippen LogP contribution < -0.4 is 15.3 Å². The van der Waals surface area contributed by atoms with Gasteiger partial charge in [-0.1, -0.05) is 53.8 Å². The van der Waals surface area contributed by atoms with Crippen LogP contribution in [0.15, 0.2) is 69.3 Å². The van der Waals surface area contributed by atoms with Gasteiger partial charge < -0.3 is 15.6 Å². The minimum Gasteiger partial charge on any atom is -0.493 e. The third-order valence-corrected chi connectivity index (χ3v) is 6.13. The summed E-state index contributed by atoms with van der Waals surface area (Å²) in [5.41, 5.74) is 7.16. The lowest BCUT2D eigenvalue weighted by molar-refractivity contribution is -0.113. The molecule has 7 nitrogen and oxygen atoms in total. The number of thioether (sulfide) groups is 1. The summed E-state index contributed by atoms with van der Waals surface area (Å²) >= 11 is 2.15. The molecule has 30 heavy (non-hydrogen) atoms. The highest BCUT2D eigenvalue weighted by Crippen LogP contribution is 2.31. The Morgan fingerprint density at radius 3 is 2.50 bits per heavy atom. The molecule has 0 saturated heterocycles. The molecule has 1 aliphatic heterocycles. The van der Waals surface area contributed by atoms with Crippen molar-refractivity contribution in [1.29, 1.82) is 0 Å². The number of nitrogens with zero attached hydrogens (tertiary/aromatic N) is 2. The summed E-state index contributed by atoms with van der Waals surface area (Å²) in [6.45, 7) is 0.444. The second-order valence-electron chi connectivity index (χ2n) is 6.32. The summed E-state index contributed by atoms with van der Waals surface area (Å²) in [6, 6.07) is 16.5. The third kappa shape index (κ3) is 4.32. The molecule has 9 heteroatoms. The van der Waals surface area contributed by atoms with E-state index in [0.717, 1.165) is 34.2 Å². The van der Waals surface area contributed by atoms with E-state index < -0.39 is 0 Å². The number of thiazole rings is 1. The number of carbonyl (C=O) groups is 1. The van der Waals surface area contributed by atoms with E-state index in [4.69, 9.17) is 10.5 Å². The van der Waals surface area contributed by atoms with Crippen LogP contribution in [0.25, 0.3) is 16.5 Å². The Balaban J connectivity index is 1.38. The summed E-state index contributed by atoms with van der Waals surface area (Å²) in [5.74, 6) is 0.222. The van der Waals surface area contributed by atoms with E-state index in [-0.39, 0.29) is 35.0 Å². The van der Waals surface area contributed by atoms with Gasteiger partial charge >= 0.3 is 4.87 Å². The van der Waals surface area contributed by atoms with Crippen molar-refractivity contribution in [2.45, 2.75) is 6.54 Å². The smallest absolute Gasteiger partial charge is 0.310 e. The number of ether oxygens (including phenoxy) is 1. The molecule has 152 valence electrons. The number of benzene rings is 2. The normalized spacial score (nSPS) is 14.9. The van der Waals surface area contributed by atoms with Crippen LogP contribution in [0.2, 0.25) is 0 Å². The Morgan fingerprint density at radius 2 is 1.83 bits per heavy atom. The van der Waals surface area contributed by atoms with Gasteiger partial charge in [-0.2, -0.15) is 4.99 Å². The number of hydrogen-bond acceptors (Lipinski definition) is 7. The zero-order valence-corrected chi connectivity index (χ0v) is 17.3. The standard InChI is InChI=1S/C21H17N3O4S2/c22-20-23-18(25)16(29-20)12-13-6-8-15(9-7-13)28-11-10-24-19(26)17(30-21(24)27)14-4-2-1-3-5-14/h1-9,12,26H,10-11H2,(H2,22,23,25). The van der Waals surface area contributed by atoms with E-state index >= 15 is 0 Å². The van der Waals surface area contributed by atoms with Crippen LogP contribution >= 0.6 is 23.1 Å². The summed E-state index contributed by atoms with van der Waals surface area (Å²) in [7, 11) is 0. The number of amidine groups is 1. The van der Waals surface area contributed by atoms with E-state index in [9.17, 15) is 14.7 Å². The highest BCUT2D eigenvalue weighted by atomic mass is 32.2. The molecule has 0 fully saturated rings. The molecule has 2 heterocycles. The molecule has 3 N–H and O–H groups in total. The predicted octanol–water partition coefficient (Wildman–Crippen LogP) is 3.29. The van der Waals surface area contributed by atoms with Crippen LogP contribution in [-0.2, 0) is 11.3 Å². The molecule has 0 radical (unpaired) electrons. The quantitative estimate of drug-likeness (QED) is 0.571. The molecule has 4 rings (SSSR count). The third-order valence-electron chi connectivity index (χ3n) is 4.30. The minimum absolute atomic E-state index is 0.0537. The Bertz CT molecular complexity index is 1200. The lowest BCUT2D eigenvalue weighted by Gasteiger charge is -2.08. The Hall–Kier alpha value is -3.30. The van der Waals surface area contributed by atoms with Crippen molar-refractivity contribution < 1.29 is 14.6 Å². The average molecular weight is 440 g/mol. The fraction of sp³-hybridized carbons (Fsp3) is 0.0952. The SMILES string of the molecule is NC1=NC(=O)C(=Cc2ccc(OCCn3c(O)c(-c4ccccc4)sc3=O)cc2)S1. The number of nitrogens with two attached hydrogens (primary N) is 1. The lowest BCUT2D eigenvalue weighted by atomic mass is 10.2. The Labute approximate surface area is 180 Å². The van der Waals surface area contributed by atoms with Gasteiger partial charge in [-0.25, -0.2) is 0 Å². The van der Waals surface area contributed by atoms with Crippen molar-refractivity contribution in [3.63, 3.8) is 0 Å². The summed E-state index contributed by atoms with van der Waals surface area (Å²) in [6.07, 6.45) is 1.72. The molecule has 0 bridgehead atoms. The molecule has 1 aromatic heterocycles. The Morgan fingerprint density at radius 1 is 1.10 bits per heavy atom. The summed E-state index contributed by atoms with van der Waals surface area (Å²) in [4.78, 5) is 28.3. The molecule has 1 amide bonds. The molecule has 3 aromatic rings. The van der Waals surface area contributed by atoms with Gasteiger partial charge in [0.25, 0.3) is 5.91 Å². The second-order valence-corrected chi connectivity index (χ2v) is 8.35. The first-order valence-corrected chi connectivity index (χ1v) is 10.6. The highest BCUT2D eigenvalue weighted by Gasteiger charge is 2.19. The first-order chi connectivity index (χ1) is 14.5. The fourth-order valence-electron chi connectivity index (χ4n) is 2.86. The van der Waals surface area contributed by atoms with E-state index in [1.807, 2.05) is 42.5 Å². The Kier molecular flexibility index (Phi) is 5.73. The van der Waals surface area contributed by atoms with Gasteiger partial charge in [-0.3, -0.25) is 14.2 Å². The van der Waals surface area contributed by atoms with Crippen LogP contribution in [0.3, 0.4) is 0 Å². The maximum absolute atomic E-state index is 12.2. The van der Waals surface area contributed by atoms with Gasteiger partial charge in [0.15, 0.2) is 5.17 Å². The monoisotopic (exact) mass is 439 g/mol. The van der Waals surface area contributed by atoms with E-state index in [1.165, 1.54) is 4.57 Å². The van der Waals surface area contributed by atoms with Crippen molar-refractivity contribution >= 4 is 40.2 Å². The molecule has 0 unspecified atom stereocenters. The molecule has 0 saturated carbocycles. The maximum Gasteiger partial charge on any atom is 0.310 e. The maximum atomic E-state index is 12.2. The fourth-order valence-corrected chi connectivity index (χ4v) is 4.46. The number of hydrogen-bond donors (Lipinski definition) is 2. The molecule has 0 spiro atoms. The lowest BCUT2D eigenvalue weighted by Crippen LogP contribution is -2.17. The number of rotatable bonds is 6. The number of aromatic hydroxyl groups is 1. The summed E-state index contributed by atoms with van der Waals surface area (Å²) < 4.78 is 7.00. The highest BCUT2D eigenvalue weighted by molar-refractivity contribution is 8.18. The number of amides is 1. The molecule has 0 atom stereocenters. The summed E-state index contributed by atoms with van der Waals surface area (Å²) in [5, 5.41) is 10.7. The van der Waals surface area contributed by atoms with Gasteiger partial charge in [0.2, 0.25) is 5.88 Å². The van der Waals surface area contributed by atoms with Crippen molar-refractivity contribution in [3.8, 4) is 22.1 Å². The van der Waals surface area contributed by atoms with Crippen molar-refractivity contribution in [2.24, 2.45) is 10.7 Å². The zero-order valence-electron chi connectivity index (χ0n) is 15.6. The number of aromatic nitrogens is 1. The minimum atomic E-state index is -0.339. The van der Waals surface area contributed by atoms with E-state index in [0.29, 0.717) is 15.5 Å². The first kappa shape index (κ1) is 20.0. The van der Waals surface area contributed by atoms with Crippen LogP contribution in [0.1, 0.15) is 5.56 Å². The van der Waals surface area contributed by atoms with Crippen LogP contribution in [0.4, 0.5) is 0 Å². The number of carbonyl (C=O) groups excluding carboxylic acids is 1. The molecular formula is C21H17N3O4S2. The van der Waals surface area contributed by atoms with E-state index in [1.54, 1.807) is 18.2 Å².